The van der Waals surface area contributed by atoms with Crippen LogP contribution in [-0.2, 0) is 11.3 Å². The Kier molecular flexibility index (Phi) is 6.92. The topological polar surface area (TPSA) is 77.0 Å². The summed E-state index contributed by atoms with van der Waals surface area (Å²) >= 11 is 0. The van der Waals surface area contributed by atoms with Crippen molar-refractivity contribution in [1.29, 1.82) is 0 Å². The Morgan fingerprint density at radius 2 is 2.03 bits per heavy atom. The minimum atomic E-state index is -0.0482. The number of rotatable bonds is 7. The Hall–Kier alpha value is -2.80. The lowest BCUT2D eigenvalue weighted by molar-refractivity contribution is 0.0396. The van der Waals surface area contributed by atoms with Crippen LogP contribution < -0.4 is 20.1 Å². The van der Waals surface area contributed by atoms with Crippen molar-refractivity contribution in [2.75, 3.05) is 27.4 Å². The molecule has 1 saturated carbocycles. The van der Waals surface area contributed by atoms with Crippen molar-refractivity contribution in [3.8, 4) is 11.6 Å². The molecule has 166 valence electrons. The van der Waals surface area contributed by atoms with Crippen LogP contribution in [0.2, 0.25) is 0 Å². The summed E-state index contributed by atoms with van der Waals surface area (Å²) in [4.78, 5) is 8.80. The number of para-hydroxylation sites is 1. The SMILES string of the molecule is CN=C(NCc1ccc(OCCOC)nc1)NC1CC2(CCCC2)Oc2ccccc21. The summed E-state index contributed by atoms with van der Waals surface area (Å²) in [6, 6.07) is 12.4. The third kappa shape index (κ3) is 5.28. The number of benzene rings is 1. The minimum absolute atomic E-state index is 0.0482. The molecule has 1 aliphatic carbocycles. The van der Waals surface area contributed by atoms with Crippen molar-refractivity contribution in [1.82, 2.24) is 15.6 Å². The summed E-state index contributed by atoms with van der Waals surface area (Å²) in [7, 11) is 3.45. The van der Waals surface area contributed by atoms with Crippen LogP contribution in [0.3, 0.4) is 0 Å². The van der Waals surface area contributed by atoms with Gasteiger partial charge in [-0.15, -0.1) is 0 Å². The highest BCUT2D eigenvalue weighted by Gasteiger charge is 2.43. The fraction of sp³-hybridized carbons (Fsp3) is 0.500. The van der Waals surface area contributed by atoms with Crippen molar-refractivity contribution in [3.05, 3.63) is 53.7 Å². The van der Waals surface area contributed by atoms with E-state index in [2.05, 4.69) is 38.8 Å². The first-order valence-electron chi connectivity index (χ1n) is 11.0. The van der Waals surface area contributed by atoms with Gasteiger partial charge in [0.1, 0.15) is 18.0 Å². The molecule has 4 rings (SSSR count). The van der Waals surface area contributed by atoms with Crippen molar-refractivity contribution in [3.63, 3.8) is 0 Å². The zero-order valence-electron chi connectivity index (χ0n) is 18.4. The predicted molar refractivity (Wildman–Crippen MR) is 121 cm³/mol. The van der Waals surface area contributed by atoms with E-state index in [9.17, 15) is 0 Å². The van der Waals surface area contributed by atoms with E-state index in [4.69, 9.17) is 14.2 Å². The number of guanidine groups is 1. The molecule has 1 aliphatic heterocycles. The van der Waals surface area contributed by atoms with Gasteiger partial charge in [-0.1, -0.05) is 24.3 Å². The molecule has 7 nitrogen and oxygen atoms in total. The number of pyridine rings is 1. The second-order valence-electron chi connectivity index (χ2n) is 8.20. The van der Waals surface area contributed by atoms with Gasteiger partial charge in [-0.25, -0.2) is 4.98 Å². The highest BCUT2D eigenvalue weighted by molar-refractivity contribution is 5.80. The maximum atomic E-state index is 6.47. The van der Waals surface area contributed by atoms with E-state index in [1.54, 1.807) is 14.2 Å². The first-order chi connectivity index (χ1) is 15.2. The Morgan fingerprint density at radius 1 is 1.19 bits per heavy atom. The summed E-state index contributed by atoms with van der Waals surface area (Å²) in [6.45, 7) is 1.66. The molecule has 2 aromatic rings. The molecular weight excluding hydrogens is 392 g/mol. The fourth-order valence-electron chi connectivity index (χ4n) is 4.45. The van der Waals surface area contributed by atoms with E-state index in [0.717, 1.165) is 36.5 Å². The van der Waals surface area contributed by atoms with Crippen molar-refractivity contribution in [2.24, 2.45) is 4.99 Å². The minimum Gasteiger partial charge on any atom is -0.487 e. The van der Waals surface area contributed by atoms with Crippen LogP contribution in [0.4, 0.5) is 0 Å². The molecule has 0 radical (unpaired) electrons. The number of ether oxygens (including phenoxy) is 3. The summed E-state index contributed by atoms with van der Waals surface area (Å²) in [5, 5.41) is 7.04. The van der Waals surface area contributed by atoms with Gasteiger partial charge in [-0.2, -0.15) is 0 Å². The summed E-state index contributed by atoms with van der Waals surface area (Å²) in [5.41, 5.74) is 2.21. The van der Waals surface area contributed by atoms with E-state index in [-0.39, 0.29) is 11.6 Å². The molecule has 31 heavy (non-hydrogen) atoms. The molecule has 7 heteroatoms. The number of methoxy groups -OCH3 is 1. The average Bonchev–Trinajstić information content (AvgIpc) is 3.24. The quantitative estimate of drug-likeness (QED) is 0.402. The molecule has 1 fully saturated rings. The molecule has 2 heterocycles. The van der Waals surface area contributed by atoms with Gasteiger partial charge in [0, 0.05) is 44.9 Å². The van der Waals surface area contributed by atoms with Crippen LogP contribution in [-0.4, -0.2) is 43.9 Å². The lowest BCUT2D eigenvalue weighted by Gasteiger charge is -2.40. The molecule has 0 saturated heterocycles. The van der Waals surface area contributed by atoms with Crippen molar-refractivity contribution >= 4 is 5.96 Å². The number of hydrogen-bond acceptors (Lipinski definition) is 5. The Labute approximate surface area is 184 Å². The van der Waals surface area contributed by atoms with Gasteiger partial charge in [-0.3, -0.25) is 4.99 Å². The predicted octanol–water partition coefficient (Wildman–Crippen LogP) is 3.61. The zero-order chi connectivity index (χ0) is 21.5. The van der Waals surface area contributed by atoms with E-state index in [1.165, 1.54) is 18.4 Å². The fourth-order valence-corrected chi connectivity index (χ4v) is 4.45. The molecule has 2 N–H and O–H groups in total. The maximum absolute atomic E-state index is 6.47. The molecule has 1 aromatic heterocycles. The second kappa shape index (κ2) is 10.0. The van der Waals surface area contributed by atoms with Gasteiger partial charge in [0.15, 0.2) is 5.96 Å². The van der Waals surface area contributed by atoms with Crippen LogP contribution in [0.25, 0.3) is 0 Å². The molecule has 0 bridgehead atoms. The molecule has 1 atom stereocenters. The summed E-state index contributed by atoms with van der Waals surface area (Å²) in [6.07, 6.45) is 7.49. The van der Waals surface area contributed by atoms with Crippen LogP contribution in [0.1, 0.15) is 49.3 Å². The normalized spacial score (nSPS) is 19.5. The molecule has 2 aliphatic rings. The number of nitrogens with one attached hydrogen (secondary N) is 2. The molecular formula is C24H32N4O3. The average molecular weight is 425 g/mol. The third-order valence-electron chi connectivity index (χ3n) is 6.04. The first kappa shape index (κ1) is 21.4. The Bertz CT molecular complexity index is 879. The van der Waals surface area contributed by atoms with Gasteiger partial charge in [-0.05, 0) is 37.3 Å². The van der Waals surface area contributed by atoms with E-state index in [1.807, 2.05) is 24.4 Å². The van der Waals surface area contributed by atoms with Gasteiger partial charge in [0.25, 0.3) is 0 Å². The summed E-state index contributed by atoms with van der Waals surface area (Å²) in [5.74, 6) is 2.37. The molecule has 0 amide bonds. The van der Waals surface area contributed by atoms with E-state index in [0.29, 0.717) is 25.6 Å². The van der Waals surface area contributed by atoms with Crippen LogP contribution >= 0.6 is 0 Å². The number of aliphatic imine (C=N–C) groups is 1. The van der Waals surface area contributed by atoms with Gasteiger partial charge < -0.3 is 24.8 Å². The molecule has 1 aromatic carbocycles. The molecule has 1 spiro atoms. The van der Waals surface area contributed by atoms with E-state index >= 15 is 0 Å². The number of hydrogen-bond donors (Lipinski definition) is 2. The Balaban J connectivity index is 1.37. The summed E-state index contributed by atoms with van der Waals surface area (Å²) < 4.78 is 17.0. The number of aromatic nitrogens is 1. The zero-order valence-corrected chi connectivity index (χ0v) is 18.4. The number of nitrogens with zero attached hydrogens (tertiary/aromatic N) is 2. The maximum Gasteiger partial charge on any atom is 0.213 e. The van der Waals surface area contributed by atoms with Gasteiger partial charge in [0.05, 0.1) is 12.6 Å². The standard InChI is InChI=1S/C24H32N4O3/c1-25-23(27-17-18-9-10-22(26-16-18)30-14-13-29-2)28-20-15-24(11-5-6-12-24)31-21-8-4-3-7-19(20)21/h3-4,7-10,16,20H,5-6,11-15,17H2,1-2H3,(H2,25,27,28). The third-order valence-corrected chi connectivity index (χ3v) is 6.04. The van der Waals surface area contributed by atoms with Crippen molar-refractivity contribution in [2.45, 2.75) is 50.3 Å². The largest absolute Gasteiger partial charge is 0.487 e. The highest BCUT2D eigenvalue weighted by Crippen LogP contribution is 2.46. The molecule has 1 unspecified atom stereocenters. The van der Waals surface area contributed by atoms with Crippen LogP contribution in [0.15, 0.2) is 47.6 Å². The van der Waals surface area contributed by atoms with Gasteiger partial charge in [0.2, 0.25) is 5.88 Å². The highest BCUT2D eigenvalue weighted by atomic mass is 16.5. The number of fused-ring (bicyclic) bond motifs is 1. The second-order valence-corrected chi connectivity index (χ2v) is 8.20. The monoisotopic (exact) mass is 424 g/mol. The van der Waals surface area contributed by atoms with Crippen molar-refractivity contribution < 1.29 is 14.2 Å². The van der Waals surface area contributed by atoms with Crippen LogP contribution in [0.5, 0.6) is 11.6 Å². The van der Waals surface area contributed by atoms with Crippen LogP contribution in [0, 0.1) is 0 Å². The van der Waals surface area contributed by atoms with E-state index < -0.39 is 0 Å². The lowest BCUT2D eigenvalue weighted by atomic mass is 9.86. The van der Waals surface area contributed by atoms with Gasteiger partial charge >= 0.3 is 0 Å². The Morgan fingerprint density at radius 3 is 2.77 bits per heavy atom. The lowest BCUT2D eigenvalue weighted by Crippen LogP contribution is -2.46. The first-order valence-corrected chi connectivity index (χ1v) is 11.0. The smallest absolute Gasteiger partial charge is 0.213 e.